The van der Waals surface area contributed by atoms with E-state index < -0.39 is 5.41 Å². The van der Waals surface area contributed by atoms with Crippen LogP contribution in [0.3, 0.4) is 0 Å². The first-order chi connectivity index (χ1) is 12.8. The van der Waals surface area contributed by atoms with Gasteiger partial charge >= 0.3 is 5.97 Å². The van der Waals surface area contributed by atoms with Crippen LogP contribution < -0.4 is 0 Å². The standard InChI is InChI=1S/C22H28ClNO3/c1-15-5-3-4-6-18(15)12-24(2)19(25)13-27-20(26)21-8-16-7-17(9-21)11-22(23,10-16)14-21/h3-6,16-17H,7-14H2,1-2H3/t16-,17+,21?,22?. The third-order valence-corrected chi connectivity index (χ3v) is 7.29. The maximum absolute atomic E-state index is 12.9. The Kier molecular flexibility index (Phi) is 4.74. The fourth-order valence-corrected chi connectivity index (χ4v) is 6.60. The molecule has 0 spiro atoms. The molecule has 0 heterocycles. The second-order valence-electron chi connectivity index (χ2n) is 9.14. The van der Waals surface area contributed by atoms with E-state index in [1.165, 1.54) is 6.42 Å². The minimum Gasteiger partial charge on any atom is -0.455 e. The molecular formula is C22H28ClNO3. The number of benzene rings is 1. The largest absolute Gasteiger partial charge is 0.455 e. The number of alkyl halides is 1. The Morgan fingerprint density at radius 2 is 1.85 bits per heavy atom. The summed E-state index contributed by atoms with van der Waals surface area (Å²) >= 11 is 6.80. The van der Waals surface area contributed by atoms with Gasteiger partial charge in [-0.05, 0) is 68.4 Å². The topological polar surface area (TPSA) is 46.6 Å². The molecule has 146 valence electrons. The summed E-state index contributed by atoms with van der Waals surface area (Å²) in [6.07, 6.45) is 5.71. The molecule has 4 aliphatic rings. The van der Waals surface area contributed by atoms with Gasteiger partial charge in [0.15, 0.2) is 6.61 Å². The smallest absolute Gasteiger partial charge is 0.312 e. The molecule has 0 aromatic heterocycles. The number of hydrogen-bond acceptors (Lipinski definition) is 3. The quantitative estimate of drug-likeness (QED) is 0.563. The Hall–Kier alpha value is -1.55. The molecule has 1 aromatic carbocycles. The van der Waals surface area contributed by atoms with Crippen LogP contribution >= 0.6 is 11.6 Å². The maximum Gasteiger partial charge on any atom is 0.312 e. The molecule has 2 unspecified atom stereocenters. The van der Waals surface area contributed by atoms with E-state index in [9.17, 15) is 9.59 Å². The van der Waals surface area contributed by atoms with E-state index in [2.05, 4.69) is 0 Å². The molecule has 4 atom stereocenters. The van der Waals surface area contributed by atoms with Crippen molar-refractivity contribution < 1.29 is 14.3 Å². The number of halogens is 1. The molecule has 0 saturated heterocycles. The lowest BCUT2D eigenvalue weighted by atomic mass is 9.49. The summed E-state index contributed by atoms with van der Waals surface area (Å²) in [5.74, 6) is 0.697. The molecule has 4 bridgehead atoms. The summed E-state index contributed by atoms with van der Waals surface area (Å²) in [6, 6.07) is 8.00. The van der Waals surface area contributed by atoms with Crippen LogP contribution in [0.5, 0.6) is 0 Å². The van der Waals surface area contributed by atoms with E-state index >= 15 is 0 Å². The molecule has 1 aromatic rings. The van der Waals surface area contributed by atoms with Crippen LogP contribution in [0, 0.1) is 24.2 Å². The molecule has 5 rings (SSSR count). The van der Waals surface area contributed by atoms with Crippen LogP contribution in [0.2, 0.25) is 0 Å². The number of ether oxygens (including phenoxy) is 1. The lowest BCUT2D eigenvalue weighted by Crippen LogP contribution is -2.56. The summed E-state index contributed by atoms with van der Waals surface area (Å²) in [7, 11) is 1.75. The number of amides is 1. The fourth-order valence-electron chi connectivity index (χ4n) is 5.91. The van der Waals surface area contributed by atoms with Crippen molar-refractivity contribution in [3.8, 4) is 0 Å². The zero-order valence-electron chi connectivity index (χ0n) is 16.2. The predicted molar refractivity (Wildman–Crippen MR) is 104 cm³/mol. The van der Waals surface area contributed by atoms with E-state index in [-0.39, 0.29) is 23.4 Å². The highest BCUT2D eigenvalue weighted by Gasteiger charge is 2.60. The second kappa shape index (κ2) is 6.80. The van der Waals surface area contributed by atoms with Gasteiger partial charge in [0.05, 0.1) is 5.41 Å². The number of nitrogens with zero attached hydrogens (tertiary/aromatic N) is 1. The average molecular weight is 390 g/mol. The molecule has 0 radical (unpaired) electrons. The van der Waals surface area contributed by atoms with Crippen molar-refractivity contribution in [2.24, 2.45) is 17.3 Å². The maximum atomic E-state index is 12.9. The van der Waals surface area contributed by atoms with Gasteiger partial charge in [0.1, 0.15) is 0 Å². The number of carbonyl (C=O) groups is 2. The zero-order valence-corrected chi connectivity index (χ0v) is 16.9. The normalized spacial score (nSPS) is 33.7. The number of rotatable bonds is 5. The van der Waals surface area contributed by atoms with E-state index in [4.69, 9.17) is 16.3 Å². The minimum absolute atomic E-state index is 0.170. The summed E-state index contributed by atoms with van der Waals surface area (Å²) in [5, 5.41) is 0. The highest BCUT2D eigenvalue weighted by Crippen LogP contribution is 2.64. The lowest BCUT2D eigenvalue weighted by molar-refractivity contribution is -0.173. The van der Waals surface area contributed by atoms with Crippen molar-refractivity contribution >= 4 is 23.5 Å². The van der Waals surface area contributed by atoms with E-state index in [0.717, 1.165) is 36.8 Å². The van der Waals surface area contributed by atoms with Gasteiger partial charge in [-0.25, -0.2) is 0 Å². The van der Waals surface area contributed by atoms with E-state index in [1.807, 2.05) is 31.2 Å². The van der Waals surface area contributed by atoms with Gasteiger partial charge < -0.3 is 9.64 Å². The van der Waals surface area contributed by atoms with Gasteiger partial charge in [0, 0.05) is 18.5 Å². The third-order valence-electron chi connectivity index (χ3n) is 6.84. The molecule has 27 heavy (non-hydrogen) atoms. The number of likely N-dealkylation sites (N-methyl/N-ethyl adjacent to an activating group) is 1. The van der Waals surface area contributed by atoms with Crippen molar-refractivity contribution in [2.75, 3.05) is 13.7 Å². The number of hydrogen-bond donors (Lipinski definition) is 0. The molecule has 0 N–H and O–H groups in total. The van der Waals surface area contributed by atoms with Crippen LogP contribution in [0.25, 0.3) is 0 Å². The first-order valence-electron chi connectivity index (χ1n) is 9.93. The van der Waals surface area contributed by atoms with Crippen molar-refractivity contribution in [1.82, 2.24) is 4.90 Å². The summed E-state index contributed by atoms with van der Waals surface area (Å²) in [6.45, 7) is 2.36. The van der Waals surface area contributed by atoms with Gasteiger partial charge in [0.25, 0.3) is 5.91 Å². The molecule has 0 aliphatic heterocycles. The van der Waals surface area contributed by atoms with Crippen LogP contribution in [0.1, 0.15) is 49.7 Å². The van der Waals surface area contributed by atoms with E-state index in [0.29, 0.717) is 24.8 Å². The van der Waals surface area contributed by atoms with Gasteiger partial charge in [-0.15, -0.1) is 11.6 Å². The van der Waals surface area contributed by atoms with Crippen LogP contribution in [-0.2, 0) is 20.9 Å². The summed E-state index contributed by atoms with van der Waals surface area (Å²) < 4.78 is 5.53. The van der Waals surface area contributed by atoms with Crippen LogP contribution in [0.4, 0.5) is 0 Å². The second-order valence-corrected chi connectivity index (χ2v) is 9.95. The number of aryl methyl sites for hydroxylation is 1. The first kappa shape index (κ1) is 18.8. The molecule has 4 nitrogen and oxygen atoms in total. The van der Waals surface area contributed by atoms with Gasteiger partial charge in [-0.2, -0.15) is 0 Å². The van der Waals surface area contributed by atoms with E-state index in [1.54, 1.807) is 11.9 Å². The number of esters is 1. The lowest BCUT2D eigenvalue weighted by Gasteiger charge is -2.58. The molecule has 5 heteroatoms. The highest BCUT2D eigenvalue weighted by molar-refractivity contribution is 6.24. The minimum atomic E-state index is -0.458. The Morgan fingerprint density at radius 1 is 1.19 bits per heavy atom. The molecule has 1 amide bonds. The van der Waals surface area contributed by atoms with Crippen molar-refractivity contribution in [3.63, 3.8) is 0 Å². The average Bonchev–Trinajstić information content (AvgIpc) is 2.59. The molecule has 4 aliphatic carbocycles. The Balaban J connectivity index is 1.35. The Bertz CT molecular complexity index is 748. The third kappa shape index (κ3) is 3.61. The molecule has 4 saturated carbocycles. The summed E-state index contributed by atoms with van der Waals surface area (Å²) in [5.41, 5.74) is 1.79. The Labute approximate surface area is 166 Å². The van der Waals surface area contributed by atoms with Gasteiger partial charge in [-0.1, -0.05) is 24.3 Å². The summed E-state index contributed by atoms with van der Waals surface area (Å²) in [4.78, 5) is 26.8. The van der Waals surface area contributed by atoms with Crippen LogP contribution in [0.15, 0.2) is 24.3 Å². The number of carbonyl (C=O) groups excluding carboxylic acids is 2. The molecular weight excluding hydrogens is 362 g/mol. The van der Waals surface area contributed by atoms with Crippen LogP contribution in [-0.4, -0.2) is 35.3 Å². The SMILES string of the molecule is Cc1ccccc1CN(C)C(=O)COC(=O)C12C[C@@H]3C[C@@H](CC(Cl)(C3)C1)C2. The highest BCUT2D eigenvalue weighted by atomic mass is 35.5. The van der Waals surface area contributed by atoms with Crippen molar-refractivity contribution in [3.05, 3.63) is 35.4 Å². The predicted octanol–water partition coefficient (Wildman–Crippen LogP) is 4.07. The van der Waals surface area contributed by atoms with Crippen molar-refractivity contribution in [1.29, 1.82) is 0 Å². The first-order valence-corrected chi connectivity index (χ1v) is 10.3. The van der Waals surface area contributed by atoms with Gasteiger partial charge in [0.2, 0.25) is 0 Å². The van der Waals surface area contributed by atoms with Gasteiger partial charge in [-0.3, -0.25) is 9.59 Å². The monoisotopic (exact) mass is 389 g/mol. The Morgan fingerprint density at radius 3 is 2.48 bits per heavy atom. The van der Waals surface area contributed by atoms with Crippen molar-refractivity contribution in [2.45, 2.75) is 56.9 Å². The molecule has 4 fully saturated rings. The zero-order chi connectivity index (χ0) is 19.2. The fraction of sp³-hybridized carbons (Fsp3) is 0.636.